The molecule has 1 heteroatoms. The van der Waals surface area contributed by atoms with Crippen LogP contribution in [0.5, 0.6) is 5.75 Å². The van der Waals surface area contributed by atoms with Gasteiger partial charge in [-0.25, -0.2) is 0 Å². The predicted octanol–water partition coefficient (Wildman–Crippen LogP) is 10.8. The van der Waals surface area contributed by atoms with Crippen LogP contribution < -0.4 is 0 Å². The summed E-state index contributed by atoms with van der Waals surface area (Å²) >= 11 is 0. The minimum atomic E-state index is -0.1000. The zero-order valence-corrected chi connectivity index (χ0v) is 23.6. The molecule has 0 aliphatic heterocycles. The summed E-state index contributed by atoms with van der Waals surface area (Å²) in [5, 5.41) is 14.0. The highest BCUT2D eigenvalue weighted by atomic mass is 16.3. The lowest BCUT2D eigenvalue weighted by Crippen LogP contribution is -2.22. The largest absolute Gasteiger partial charge is 0.508 e. The van der Waals surface area contributed by atoms with E-state index in [1.807, 2.05) is 58.0 Å². The highest BCUT2D eigenvalue weighted by Gasteiger charge is 2.40. The molecule has 7 rings (SSSR count). The topological polar surface area (TPSA) is 20.2 Å². The molecule has 1 nitrogen and oxygen atoms in total. The summed E-state index contributed by atoms with van der Waals surface area (Å²) in [6.07, 6.45) is 0. The van der Waals surface area contributed by atoms with Gasteiger partial charge < -0.3 is 5.11 Å². The van der Waals surface area contributed by atoms with Crippen LogP contribution >= 0.6 is 0 Å². The highest BCUT2D eigenvalue weighted by molar-refractivity contribution is 5.87. The van der Waals surface area contributed by atoms with Gasteiger partial charge in [-0.05, 0) is 74.5 Å². The number of rotatable bonds is 1. The predicted molar refractivity (Wildman–Crippen MR) is 170 cm³/mol. The summed E-state index contributed by atoms with van der Waals surface area (Å²) in [7, 11) is 0. The Morgan fingerprint density at radius 1 is 0.436 bits per heavy atom. The summed E-state index contributed by atoms with van der Waals surface area (Å²) < 4.78 is 0. The molecule has 0 saturated heterocycles. The lowest BCUT2D eigenvalue weighted by Gasteiger charge is -2.28. The van der Waals surface area contributed by atoms with Gasteiger partial charge in [-0.3, -0.25) is 0 Å². The molecule has 1 aliphatic carbocycles. The Kier molecular flexibility index (Phi) is 8.84. The van der Waals surface area contributed by atoms with E-state index in [2.05, 4.69) is 97.9 Å². The number of fused-ring (bicyclic) bond motifs is 5. The monoisotopic (exact) mass is 510 g/mol. The number of aromatic hydroxyl groups is 1. The Morgan fingerprint density at radius 2 is 0.846 bits per heavy atom. The van der Waals surface area contributed by atoms with Crippen molar-refractivity contribution in [3.63, 3.8) is 0 Å². The van der Waals surface area contributed by atoms with Gasteiger partial charge in [-0.2, -0.15) is 0 Å². The summed E-state index contributed by atoms with van der Waals surface area (Å²) in [5.41, 5.74) is 6.80. The van der Waals surface area contributed by atoms with Crippen molar-refractivity contribution in [3.05, 3.63) is 150 Å². The fraction of sp³-hybridized carbons (Fsp3) is 0.158. The van der Waals surface area contributed by atoms with E-state index >= 15 is 0 Å². The van der Waals surface area contributed by atoms with Crippen molar-refractivity contribution in [2.45, 2.75) is 40.0 Å². The molecule has 6 aromatic carbocycles. The van der Waals surface area contributed by atoms with E-state index in [1.54, 1.807) is 12.1 Å². The van der Waals surface area contributed by atoms with E-state index in [-0.39, 0.29) is 5.41 Å². The van der Waals surface area contributed by atoms with Crippen molar-refractivity contribution in [2.24, 2.45) is 0 Å². The van der Waals surface area contributed by atoms with Gasteiger partial charge in [-0.15, -0.1) is 0 Å². The van der Waals surface area contributed by atoms with E-state index in [0.29, 0.717) is 5.75 Å². The molecule has 0 unspecified atom stereocenters. The molecule has 0 aromatic heterocycles. The van der Waals surface area contributed by atoms with Crippen LogP contribution in [-0.4, -0.2) is 5.11 Å². The second kappa shape index (κ2) is 12.5. The smallest absolute Gasteiger partial charge is 0.116 e. The molecule has 0 bridgehead atoms. The van der Waals surface area contributed by atoms with E-state index in [9.17, 15) is 0 Å². The van der Waals surface area contributed by atoms with Crippen LogP contribution in [0.4, 0.5) is 0 Å². The van der Waals surface area contributed by atoms with Gasteiger partial charge >= 0.3 is 0 Å². The first-order valence-corrected chi connectivity index (χ1v) is 14.0. The minimum Gasteiger partial charge on any atom is -0.508 e. The number of phenols is 1. The zero-order valence-electron chi connectivity index (χ0n) is 23.6. The normalized spacial score (nSPS) is 12.0. The van der Waals surface area contributed by atoms with Crippen LogP contribution in [0.1, 0.15) is 51.3 Å². The molecule has 1 aliphatic rings. The number of hydrogen-bond acceptors (Lipinski definition) is 1. The molecule has 6 aromatic rings. The molecular formula is C38H38O. The van der Waals surface area contributed by atoms with Crippen LogP contribution in [-0.2, 0) is 5.41 Å². The Labute approximate surface area is 233 Å². The average Bonchev–Trinajstić information content (AvgIpc) is 3.28. The van der Waals surface area contributed by atoms with E-state index in [0.717, 1.165) is 10.8 Å². The second-order valence-corrected chi connectivity index (χ2v) is 9.31. The van der Waals surface area contributed by atoms with E-state index < -0.39 is 0 Å². The van der Waals surface area contributed by atoms with Crippen molar-refractivity contribution in [3.8, 4) is 16.9 Å². The Bertz CT molecular complexity index is 1630. The Hall–Kier alpha value is -4.36. The number of benzene rings is 6. The van der Waals surface area contributed by atoms with E-state index in [4.69, 9.17) is 5.11 Å². The lowest BCUT2D eigenvalue weighted by atomic mass is 9.74. The number of phenolic OH excluding ortho intramolecular Hbond substituents is 1. The first-order valence-electron chi connectivity index (χ1n) is 14.0. The molecule has 0 saturated carbocycles. The summed E-state index contributed by atoms with van der Waals surface area (Å²) in [5.74, 6) is 0.323. The molecule has 0 spiro atoms. The molecule has 196 valence electrons. The van der Waals surface area contributed by atoms with Gasteiger partial charge in [0.05, 0.1) is 0 Å². The Balaban J connectivity index is 0.000000197. The standard InChI is InChI=1S/C24H18.C10H8O.2C2H6/c1-24(19-15-14-17-8-2-3-9-18(17)16-19)22-12-6-4-10-20(22)21-11-5-7-13-23(21)24;11-10-6-5-8-3-1-2-4-9(8)7-10;2*1-2/h2-16H,1H3;1-7,11H;2*1-2H3. The number of hydrogen-bond donors (Lipinski definition) is 1. The van der Waals surface area contributed by atoms with Gasteiger partial charge in [0.1, 0.15) is 5.75 Å². The summed E-state index contributed by atoms with van der Waals surface area (Å²) in [6.45, 7) is 10.4. The average molecular weight is 511 g/mol. The molecule has 39 heavy (non-hydrogen) atoms. The fourth-order valence-corrected chi connectivity index (χ4v) is 5.44. The quantitative estimate of drug-likeness (QED) is 0.233. The molecule has 1 N–H and O–H groups in total. The van der Waals surface area contributed by atoms with Crippen molar-refractivity contribution >= 4 is 21.5 Å². The van der Waals surface area contributed by atoms with Crippen LogP contribution in [0.3, 0.4) is 0 Å². The molecule has 0 atom stereocenters. The van der Waals surface area contributed by atoms with Gasteiger partial charge in [0.15, 0.2) is 0 Å². The minimum absolute atomic E-state index is 0.1000. The third-order valence-corrected chi connectivity index (χ3v) is 7.28. The molecular weight excluding hydrogens is 472 g/mol. The zero-order chi connectivity index (χ0) is 27.8. The maximum Gasteiger partial charge on any atom is 0.116 e. The van der Waals surface area contributed by atoms with Gasteiger partial charge in [0, 0.05) is 5.41 Å². The van der Waals surface area contributed by atoms with E-state index in [1.165, 1.54) is 38.6 Å². The van der Waals surface area contributed by atoms with Crippen molar-refractivity contribution in [2.75, 3.05) is 0 Å². The SMILES string of the molecule is CC.CC.CC1(c2ccc3ccccc3c2)c2ccccc2-c2ccccc21.Oc1ccc2ccccc2c1. The molecule has 0 amide bonds. The first-order chi connectivity index (χ1) is 19.1. The van der Waals surface area contributed by atoms with Crippen molar-refractivity contribution < 1.29 is 5.11 Å². The van der Waals surface area contributed by atoms with Crippen LogP contribution in [0.2, 0.25) is 0 Å². The maximum atomic E-state index is 9.13. The third kappa shape index (κ3) is 5.31. The van der Waals surface area contributed by atoms with Crippen LogP contribution in [0, 0.1) is 0 Å². The first kappa shape index (κ1) is 27.7. The lowest BCUT2D eigenvalue weighted by molar-refractivity contribution is 0.476. The summed E-state index contributed by atoms with van der Waals surface area (Å²) in [6, 6.07) is 46.5. The third-order valence-electron chi connectivity index (χ3n) is 7.28. The van der Waals surface area contributed by atoms with Crippen molar-refractivity contribution in [1.29, 1.82) is 0 Å². The maximum absolute atomic E-state index is 9.13. The van der Waals surface area contributed by atoms with Crippen LogP contribution in [0.15, 0.2) is 133 Å². The highest BCUT2D eigenvalue weighted by Crippen LogP contribution is 2.52. The molecule has 0 fully saturated rings. The molecule has 0 radical (unpaired) electrons. The molecule has 0 heterocycles. The van der Waals surface area contributed by atoms with Gasteiger partial charge in [0.25, 0.3) is 0 Å². The van der Waals surface area contributed by atoms with Crippen LogP contribution in [0.25, 0.3) is 32.7 Å². The van der Waals surface area contributed by atoms with Gasteiger partial charge in [-0.1, -0.05) is 143 Å². The van der Waals surface area contributed by atoms with Gasteiger partial charge in [0.2, 0.25) is 0 Å². The Morgan fingerprint density at radius 3 is 1.38 bits per heavy atom. The second-order valence-electron chi connectivity index (χ2n) is 9.31. The van der Waals surface area contributed by atoms with Crippen molar-refractivity contribution in [1.82, 2.24) is 0 Å². The summed E-state index contributed by atoms with van der Waals surface area (Å²) in [4.78, 5) is 0. The fourth-order valence-electron chi connectivity index (χ4n) is 5.44.